The second kappa shape index (κ2) is 25.2. The lowest BCUT2D eigenvalue weighted by atomic mass is 9.69. The maximum atomic E-state index is 14.6. The predicted molar refractivity (Wildman–Crippen MR) is 280 cm³/mol. The number of aliphatic hydroxyl groups is 2. The molecule has 15 heteroatoms. The molecule has 7 rings (SSSR count). The molecule has 12 nitrogen and oxygen atoms in total. The fourth-order valence-electron chi connectivity index (χ4n) is 11.7. The number of ether oxygens (including phenoxy) is 4. The molecular formula is C57H76N2O10S3. The van der Waals surface area contributed by atoms with Crippen molar-refractivity contribution in [2.45, 2.75) is 202 Å². The molecular weight excluding hydrogens is 969 g/mol. The summed E-state index contributed by atoms with van der Waals surface area (Å²) in [6.45, 7) is 10.7. The van der Waals surface area contributed by atoms with Crippen LogP contribution >= 0.6 is 35.3 Å². The van der Waals surface area contributed by atoms with E-state index in [0.29, 0.717) is 69.6 Å². The Morgan fingerprint density at radius 3 is 1.40 bits per heavy atom. The van der Waals surface area contributed by atoms with E-state index in [1.807, 2.05) is 12.1 Å². The zero-order valence-corrected chi connectivity index (χ0v) is 45.8. The molecule has 0 saturated heterocycles. The Kier molecular flexibility index (Phi) is 19.6. The number of carbonyl (C=O) groups excluding carboxylic acids is 4. The first-order chi connectivity index (χ1) is 34.4. The van der Waals surface area contributed by atoms with Gasteiger partial charge >= 0.3 is 23.9 Å². The van der Waals surface area contributed by atoms with Gasteiger partial charge in [-0.1, -0.05) is 99.8 Å². The molecule has 0 radical (unpaired) electrons. The summed E-state index contributed by atoms with van der Waals surface area (Å²) >= 11 is 3.18. The third-order valence-electron chi connectivity index (χ3n) is 16.4. The Balaban J connectivity index is 1.25. The van der Waals surface area contributed by atoms with Crippen LogP contribution in [0.25, 0.3) is 0 Å². The van der Waals surface area contributed by atoms with Gasteiger partial charge in [0.1, 0.15) is 12.1 Å². The number of hydrogen-bond acceptors (Lipinski definition) is 15. The fraction of sp³-hybridized carbons (Fsp3) is 0.684. The van der Waals surface area contributed by atoms with Crippen LogP contribution in [-0.2, 0) is 35.1 Å². The first-order valence-corrected chi connectivity index (χ1v) is 29.3. The van der Waals surface area contributed by atoms with Gasteiger partial charge in [0.15, 0.2) is 22.6 Å². The summed E-state index contributed by atoms with van der Waals surface area (Å²) in [5.41, 5.74) is -2.28. The molecule has 4 saturated carbocycles. The van der Waals surface area contributed by atoms with E-state index in [0.717, 1.165) is 72.8 Å². The van der Waals surface area contributed by atoms with E-state index in [-0.39, 0.29) is 82.1 Å². The number of rotatable bonds is 16. The first-order valence-electron chi connectivity index (χ1n) is 26.8. The molecule has 72 heavy (non-hydrogen) atoms. The highest BCUT2D eigenvalue weighted by Crippen LogP contribution is 2.64. The second-order valence-electron chi connectivity index (χ2n) is 22.5. The van der Waals surface area contributed by atoms with Gasteiger partial charge in [0, 0.05) is 23.3 Å². The molecule has 2 aliphatic heterocycles. The van der Waals surface area contributed by atoms with E-state index in [9.17, 15) is 39.9 Å². The van der Waals surface area contributed by atoms with E-state index >= 15 is 0 Å². The fourth-order valence-corrected chi connectivity index (χ4v) is 15.5. The Morgan fingerprint density at radius 1 is 0.583 bits per heavy atom. The van der Waals surface area contributed by atoms with Crippen LogP contribution in [0, 0.1) is 70.0 Å². The number of allylic oxidation sites excluding steroid dienone is 2. The average Bonchev–Trinajstić information content (AvgIpc) is 3.68. The lowest BCUT2D eigenvalue weighted by Crippen LogP contribution is -2.30. The maximum absolute atomic E-state index is 14.6. The van der Waals surface area contributed by atoms with Crippen LogP contribution in [-0.4, -0.2) is 58.5 Å². The largest absolute Gasteiger partial charge is 0.461 e. The number of carbonyl (C=O) groups is 4. The van der Waals surface area contributed by atoms with E-state index in [1.165, 1.54) is 64.2 Å². The van der Waals surface area contributed by atoms with Crippen molar-refractivity contribution in [2.75, 3.05) is 13.2 Å². The summed E-state index contributed by atoms with van der Waals surface area (Å²) in [5.74, 6) is 1.16. The molecule has 4 fully saturated rings. The number of hydrogen-bond donors (Lipinski definition) is 2. The van der Waals surface area contributed by atoms with Crippen LogP contribution in [0.2, 0.25) is 0 Å². The van der Waals surface area contributed by atoms with Gasteiger partial charge in [0.25, 0.3) is 0 Å². The lowest BCUT2D eigenvalue weighted by molar-refractivity contribution is -0.142. The molecule has 0 aromatic heterocycles. The second-order valence-corrected chi connectivity index (χ2v) is 25.9. The van der Waals surface area contributed by atoms with Gasteiger partial charge in [-0.15, -0.1) is 0 Å². The molecule has 0 bridgehead atoms. The molecule has 4 aliphatic carbocycles. The minimum absolute atomic E-state index is 0.128. The van der Waals surface area contributed by atoms with Gasteiger partial charge in [-0.05, 0) is 147 Å². The zero-order valence-electron chi connectivity index (χ0n) is 43.3. The molecule has 6 aliphatic rings. The van der Waals surface area contributed by atoms with Crippen molar-refractivity contribution in [3.05, 3.63) is 38.0 Å². The standard InChI is InChI=1S/C57H76N2O10S3/c1-7-34-12-16-36(17-13-34)38-20-24-40(25-21-38)51(60)68-46-42-10-9-11-45(43(32-58)53(62)66-30-28-56(3,4)64)70-48(42)47(50-49(46)71-55(72-50)44(33-59)54(63)67-31-29-57(5,6)65)69-52(61)41-26-22-39(23-27-41)37-18-14-35(8-2)15-19-37/h9,11,34-41,64-65H,7-8,10,12-31H2,1-6H3/b45-43+,55-44-. The number of thioether (sulfide) groups is 3. The predicted octanol–water partition coefficient (Wildman–Crippen LogP) is 12.9. The van der Waals surface area contributed by atoms with Crippen LogP contribution in [0.5, 0.6) is 11.5 Å². The number of esters is 4. The van der Waals surface area contributed by atoms with Crippen LogP contribution < -0.4 is 9.47 Å². The highest BCUT2D eigenvalue weighted by atomic mass is 32.2. The maximum Gasteiger partial charge on any atom is 0.350 e. The van der Waals surface area contributed by atoms with Crippen molar-refractivity contribution in [1.29, 1.82) is 10.5 Å². The Morgan fingerprint density at radius 2 is 0.986 bits per heavy atom. The number of benzene rings is 1. The van der Waals surface area contributed by atoms with E-state index in [4.69, 9.17) is 18.9 Å². The molecule has 0 spiro atoms. The summed E-state index contributed by atoms with van der Waals surface area (Å²) in [5, 5.41) is 41.6. The minimum atomic E-state index is -1.11. The molecule has 0 amide bonds. The van der Waals surface area contributed by atoms with Crippen LogP contribution in [0.1, 0.15) is 176 Å². The van der Waals surface area contributed by atoms with Crippen LogP contribution in [0.4, 0.5) is 0 Å². The van der Waals surface area contributed by atoms with Crippen molar-refractivity contribution in [3.63, 3.8) is 0 Å². The summed E-state index contributed by atoms with van der Waals surface area (Å²) in [4.78, 5) is 57.8. The van der Waals surface area contributed by atoms with Crippen molar-refractivity contribution < 1.29 is 48.3 Å². The van der Waals surface area contributed by atoms with Gasteiger partial charge in [0.2, 0.25) is 0 Å². The quantitative estimate of drug-likeness (QED) is 0.0687. The topological polar surface area (TPSA) is 193 Å². The highest BCUT2D eigenvalue weighted by molar-refractivity contribution is 8.25. The lowest BCUT2D eigenvalue weighted by Gasteiger charge is -2.37. The van der Waals surface area contributed by atoms with E-state index < -0.39 is 29.1 Å². The van der Waals surface area contributed by atoms with Crippen LogP contribution in [0.15, 0.2) is 47.1 Å². The molecule has 2 heterocycles. The normalized spacial score (nSPS) is 28.0. The van der Waals surface area contributed by atoms with Crippen molar-refractivity contribution in [1.82, 2.24) is 0 Å². The van der Waals surface area contributed by atoms with Gasteiger partial charge in [0.05, 0.1) is 55.2 Å². The zero-order chi connectivity index (χ0) is 51.7. The van der Waals surface area contributed by atoms with Gasteiger partial charge in [-0.3, -0.25) is 9.59 Å². The van der Waals surface area contributed by atoms with Gasteiger partial charge in [-0.25, -0.2) is 9.59 Å². The smallest absolute Gasteiger partial charge is 0.350 e. The Labute approximate surface area is 440 Å². The van der Waals surface area contributed by atoms with Gasteiger partial charge < -0.3 is 29.2 Å². The Hall–Kier alpha value is -3.73. The monoisotopic (exact) mass is 1040 g/mol. The summed E-state index contributed by atoms with van der Waals surface area (Å²) < 4.78 is 24.5. The van der Waals surface area contributed by atoms with Crippen molar-refractivity contribution >= 4 is 59.2 Å². The average molecular weight is 1050 g/mol. The molecule has 2 N–H and O–H groups in total. The van der Waals surface area contributed by atoms with Crippen LogP contribution in [0.3, 0.4) is 0 Å². The third-order valence-corrected chi connectivity index (χ3v) is 20.2. The summed E-state index contributed by atoms with van der Waals surface area (Å²) in [6, 6.07) is 4.06. The molecule has 392 valence electrons. The number of nitriles is 2. The SMILES string of the molecule is CCC1CCC(C2CCC(C(=O)Oc3c4c(c(OC(=O)C5CCC(C6CCC(CC)CC6)CC5)c5c3S/C(=C(\C#N)C(=O)OCCC(C)(C)O)S5)S/C(=C(\C#N)C(=O)OCCC(C)(C)O)C=CC4)CC2)CC1. The molecule has 0 atom stereocenters. The first kappa shape index (κ1) is 56.0. The molecule has 1 aromatic rings. The minimum Gasteiger partial charge on any atom is -0.461 e. The number of nitrogens with zero attached hydrogens (tertiary/aromatic N) is 2. The molecule has 0 unspecified atom stereocenters. The van der Waals surface area contributed by atoms with Crippen molar-refractivity contribution in [2.24, 2.45) is 47.3 Å². The van der Waals surface area contributed by atoms with E-state index in [1.54, 1.807) is 39.8 Å². The third kappa shape index (κ3) is 14.3. The number of fused-ring (bicyclic) bond motifs is 2. The van der Waals surface area contributed by atoms with Gasteiger partial charge in [-0.2, -0.15) is 10.5 Å². The summed E-state index contributed by atoms with van der Waals surface area (Å²) in [6.07, 6.45) is 22.8. The Bertz CT molecular complexity index is 2330. The molecule has 1 aromatic carbocycles. The summed E-state index contributed by atoms with van der Waals surface area (Å²) in [7, 11) is 0. The van der Waals surface area contributed by atoms with E-state index in [2.05, 4.69) is 13.8 Å². The van der Waals surface area contributed by atoms with Crippen molar-refractivity contribution in [3.8, 4) is 23.6 Å². The highest BCUT2D eigenvalue weighted by Gasteiger charge is 2.41.